The Hall–Kier alpha value is -0.0800. The van der Waals surface area contributed by atoms with Crippen molar-refractivity contribution in [3.05, 3.63) is 0 Å². The minimum atomic E-state index is 0.584. The van der Waals surface area contributed by atoms with Crippen LogP contribution in [0.25, 0.3) is 0 Å². The molecule has 2 aliphatic rings. The lowest BCUT2D eigenvalue weighted by atomic mass is 9.77. The van der Waals surface area contributed by atoms with E-state index in [-0.39, 0.29) is 0 Å². The molecule has 2 fully saturated rings. The summed E-state index contributed by atoms with van der Waals surface area (Å²) in [4.78, 5) is 2.73. The van der Waals surface area contributed by atoms with Crippen molar-refractivity contribution in [3.63, 3.8) is 0 Å². The van der Waals surface area contributed by atoms with Gasteiger partial charge in [0.1, 0.15) is 0 Å². The van der Waals surface area contributed by atoms with Crippen molar-refractivity contribution in [2.75, 3.05) is 26.2 Å². The number of nitrogens with one attached hydrogen (secondary N) is 1. The summed E-state index contributed by atoms with van der Waals surface area (Å²) in [5.74, 6) is 0.910. The van der Waals surface area contributed by atoms with Crippen LogP contribution >= 0.6 is 0 Å². The van der Waals surface area contributed by atoms with Crippen LogP contribution in [-0.2, 0) is 0 Å². The number of hydrogen-bond donors (Lipinski definition) is 1. The molecule has 0 aromatic carbocycles. The summed E-state index contributed by atoms with van der Waals surface area (Å²) in [7, 11) is 0. The Labute approximate surface area is 88.1 Å². The summed E-state index contributed by atoms with van der Waals surface area (Å²) in [6.45, 7) is 9.67. The highest BCUT2D eigenvalue weighted by Crippen LogP contribution is 2.39. The third-order valence-corrected chi connectivity index (χ3v) is 4.16. The average Bonchev–Trinajstić information content (AvgIpc) is 2.59. The average molecular weight is 196 g/mol. The van der Waals surface area contributed by atoms with E-state index in [9.17, 15) is 0 Å². The third-order valence-electron chi connectivity index (χ3n) is 4.16. The Kier molecular flexibility index (Phi) is 3.13. The zero-order valence-electron chi connectivity index (χ0n) is 9.68. The Morgan fingerprint density at radius 3 is 2.79 bits per heavy atom. The molecule has 0 amide bonds. The first-order valence-electron chi connectivity index (χ1n) is 6.20. The number of rotatable bonds is 4. The summed E-state index contributed by atoms with van der Waals surface area (Å²) >= 11 is 0. The second kappa shape index (κ2) is 4.19. The predicted molar refractivity (Wildman–Crippen MR) is 60.5 cm³/mol. The van der Waals surface area contributed by atoms with Gasteiger partial charge in [-0.1, -0.05) is 6.92 Å². The summed E-state index contributed by atoms with van der Waals surface area (Å²) in [6, 6.07) is 0. The molecule has 0 aromatic rings. The van der Waals surface area contributed by atoms with Crippen molar-refractivity contribution in [1.82, 2.24) is 10.2 Å². The molecule has 0 aromatic heterocycles. The molecule has 1 N–H and O–H groups in total. The van der Waals surface area contributed by atoms with E-state index in [1.165, 1.54) is 45.3 Å². The van der Waals surface area contributed by atoms with Gasteiger partial charge in [-0.15, -0.1) is 0 Å². The molecule has 14 heavy (non-hydrogen) atoms. The number of nitrogens with zero attached hydrogens (tertiary/aromatic N) is 1. The molecule has 0 radical (unpaired) electrons. The molecule has 1 heterocycles. The topological polar surface area (TPSA) is 15.3 Å². The quantitative estimate of drug-likeness (QED) is 0.738. The maximum Gasteiger partial charge on any atom is 0.0181 e. The van der Waals surface area contributed by atoms with E-state index in [0.717, 1.165) is 12.5 Å². The third kappa shape index (κ3) is 1.96. The van der Waals surface area contributed by atoms with Crippen molar-refractivity contribution < 1.29 is 0 Å². The molecule has 1 aliphatic heterocycles. The highest BCUT2D eigenvalue weighted by Gasteiger charge is 2.40. The van der Waals surface area contributed by atoms with Gasteiger partial charge in [-0.3, -0.25) is 4.90 Å². The SMILES string of the molecule is CCNCC1CCN(C2(C)CCC2)C1. The van der Waals surface area contributed by atoms with Crippen molar-refractivity contribution in [2.24, 2.45) is 5.92 Å². The fraction of sp³-hybridized carbons (Fsp3) is 1.00. The van der Waals surface area contributed by atoms with Crippen LogP contribution in [0.5, 0.6) is 0 Å². The van der Waals surface area contributed by atoms with E-state index >= 15 is 0 Å². The number of hydrogen-bond acceptors (Lipinski definition) is 2. The highest BCUT2D eigenvalue weighted by atomic mass is 15.2. The lowest BCUT2D eigenvalue weighted by Gasteiger charge is -2.46. The minimum Gasteiger partial charge on any atom is -0.317 e. The van der Waals surface area contributed by atoms with Gasteiger partial charge in [-0.25, -0.2) is 0 Å². The molecule has 1 unspecified atom stereocenters. The Morgan fingerprint density at radius 1 is 1.43 bits per heavy atom. The fourth-order valence-electron chi connectivity index (χ4n) is 2.84. The Balaban J connectivity index is 1.76. The molecular weight excluding hydrogens is 172 g/mol. The van der Waals surface area contributed by atoms with Gasteiger partial charge in [0.05, 0.1) is 0 Å². The molecule has 2 rings (SSSR count). The van der Waals surface area contributed by atoms with Gasteiger partial charge >= 0.3 is 0 Å². The standard InChI is InChI=1S/C12H24N2/c1-3-13-9-11-5-8-14(10-11)12(2)6-4-7-12/h11,13H,3-10H2,1-2H3. The van der Waals surface area contributed by atoms with Crippen LogP contribution in [-0.4, -0.2) is 36.6 Å². The maximum atomic E-state index is 3.47. The lowest BCUT2D eigenvalue weighted by molar-refractivity contribution is 0.0508. The van der Waals surface area contributed by atoms with Crippen LogP contribution in [0.4, 0.5) is 0 Å². The fourth-order valence-corrected chi connectivity index (χ4v) is 2.84. The van der Waals surface area contributed by atoms with Gasteiger partial charge in [0.25, 0.3) is 0 Å². The Morgan fingerprint density at radius 2 is 2.21 bits per heavy atom. The van der Waals surface area contributed by atoms with Crippen LogP contribution < -0.4 is 5.32 Å². The zero-order valence-corrected chi connectivity index (χ0v) is 9.68. The van der Waals surface area contributed by atoms with Crippen LogP contribution in [0.3, 0.4) is 0 Å². The summed E-state index contributed by atoms with van der Waals surface area (Å²) in [5.41, 5.74) is 0.584. The van der Waals surface area contributed by atoms with Crippen LogP contribution in [0, 0.1) is 5.92 Å². The number of likely N-dealkylation sites (tertiary alicyclic amines) is 1. The summed E-state index contributed by atoms with van der Waals surface area (Å²) in [6.07, 6.45) is 5.72. The van der Waals surface area contributed by atoms with Gasteiger partial charge in [0, 0.05) is 12.1 Å². The molecule has 1 atom stereocenters. The largest absolute Gasteiger partial charge is 0.317 e. The molecule has 2 nitrogen and oxygen atoms in total. The van der Waals surface area contributed by atoms with Gasteiger partial charge in [0.15, 0.2) is 0 Å². The molecule has 0 bridgehead atoms. The summed E-state index contributed by atoms with van der Waals surface area (Å²) in [5, 5.41) is 3.47. The minimum absolute atomic E-state index is 0.584. The van der Waals surface area contributed by atoms with E-state index in [4.69, 9.17) is 0 Å². The van der Waals surface area contributed by atoms with E-state index in [1.807, 2.05) is 0 Å². The summed E-state index contributed by atoms with van der Waals surface area (Å²) < 4.78 is 0. The van der Waals surface area contributed by atoms with Crippen molar-refractivity contribution in [3.8, 4) is 0 Å². The first kappa shape index (κ1) is 10.4. The van der Waals surface area contributed by atoms with E-state index < -0.39 is 0 Å². The zero-order chi connectivity index (χ0) is 10.0. The van der Waals surface area contributed by atoms with E-state index in [1.54, 1.807) is 0 Å². The first-order chi connectivity index (χ1) is 6.74. The molecule has 1 saturated heterocycles. The van der Waals surface area contributed by atoms with Gasteiger partial charge in [0.2, 0.25) is 0 Å². The Bertz CT molecular complexity index is 187. The monoisotopic (exact) mass is 196 g/mol. The van der Waals surface area contributed by atoms with Crippen LogP contribution in [0.1, 0.15) is 39.5 Å². The van der Waals surface area contributed by atoms with Crippen LogP contribution in [0.2, 0.25) is 0 Å². The van der Waals surface area contributed by atoms with Gasteiger partial charge in [-0.05, 0) is 58.2 Å². The van der Waals surface area contributed by atoms with Gasteiger partial charge < -0.3 is 5.32 Å². The van der Waals surface area contributed by atoms with E-state index in [2.05, 4.69) is 24.1 Å². The van der Waals surface area contributed by atoms with Gasteiger partial charge in [-0.2, -0.15) is 0 Å². The second-order valence-corrected chi connectivity index (χ2v) is 5.26. The maximum absolute atomic E-state index is 3.47. The first-order valence-corrected chi connectivity index (χ1v) is 6.20. The molecule has 0 spiro atoms. The van der Waals surface area contributed by atoms with Crippen molar-refractivity contribution in [2.45, 2.75) is 45.1 Å². The molecule has 1 saturated carbocycles. The molecule has 82 valence electrons. The van der Waals surface area contributed by atoms with E-state index in [0.29, 0.717) is 5.54 Å². The van der Waals surface area contributed by atoms with Crippen molar-refractivity contribution >= 4 is 0 Å². The highest BCUT2D eigenvalue weighted by molar-refractivity contribution is 4.97. The van der Waals surface area contributed by atoms with Crippen LogP contribution in [0.15, 0.2) is 0 Å². The molecule has 1 aliphatic carbocycles. The van der Waals surface area contributed by atoms with Crippen molar-refractivity contribution in [1.29, 1.82) is 0 Å². The second-order valence-electron chi connectivity index (χ2n) is 5.26. The smallest absolute Gasteiger partial charge is 0.0181 e. The predicted octanol–water partition coefficient (Wildman–Crippen LogP) is 1.86. The molecular formula is C12H24N2. The normalized spacial score (nSPS) is 31.7. The molecule has 2 heteroatoms. The lowest BCUT2D eigenvalue weighted by Crippen LogP contribution is -2.50.